The van der Waals surface area contributed by atoms with Gasteiger partial charge in [0.1, 0.15) is 0 Å². The number of hydrogen-bond acceptors (Lipinski definition) is 2. The lowest BCUT2D eigenvalue weighted by molar-refractivity contribution is -0.117. The molecule has 0 aliphatic heterocycles. The molecule has 0 spiro atoms. The molecule has 5 nitrogen and oxygen atoms in total. The zero-order valence-corrected chi connectivity index (χ0v) is 14.1. The predicted octanol–water partition coefficient (Wildman–Crippen LogP) is 3.65. The summed E-state index contributed by atoms with van der Waals surface area (Å²) in [5.41, 5.74) is 2.49. The van der Waals surface area contributed by atoms with Crippen LogP contribution in [0.15, 0.2) is 18.2 Å². The molecule has 3 amide bonds. The maximum atomic E-state index is 12.4. The van der Waals surface area contributed by atoms with E-state index in [0.29, 0.717) is 17.9 Å². The van der Waals surface area contributed by atoms with Crippen LogP contribution in [0, 0.1) is 24.7 Å². The summed E-state index contributed by atoms with van der Waals surface area (Å²) in [4.78, 5) is 24.3. The number of carbonyl (C=O) groups excluding carboxylic acids is 2. The van der Waals surface area contributed by atoms with E-state index in [4.69, 9.17) is 0 Å². The molecule has 0 radical (unpaired) electrons. The summed E-state index contributed by atoms with van der Waals surface area (Å²) in [5, 5.41) is 9.06. The second-order valence-corrected chi connectivity index (χ2v) is 7.59. The Morgan fingerprint density at radius 1 is 1.00 bits per heavy atom. The van der Waals surface area contributed by atoms with Crippen LogP contribution in [-0.2, 0) is 4.79 Å². The van der Waals surface area contributed by atoms with Crippen LogP contribution in [-0.4, -0.2) is 18.0 Å². The van der Waals surface area contributed by atoms with Gasteiger partial charge in [-0.3, -0.25) is 4.79 Å². The van der Waals surface area contributed by atoms with Gasteiger partial charge in [-0.1, -0.05) is 6.07 Å². The molecule has 3 aliphatic carbocycles. The molecular formula is C19H25N3O2. The summed E-state index contributed by atoms with van der Waals surface area (Å²) in [6, 6.07) is 5.86. The zero-order chi connectivity index (χ0) is 16.7. The van der Waals surface area contributed by atoms with Crippen LogP contribution < -0.4 is 16.0 Å². The predicted molar refractivity (Wildman–Crippen MR) is 93.9 cm³/mol. The Morgan fingerprint density at radius 2 is 1.67 bits per heavy atom. The number of anilines is 2. The van der Waals surface area contributed by atoms with Gasteiger partial charge in [0.15, 0.2) is 0 Å². The highest BCUT2D eigenvalue weighted by atomic mass is 16.2. The van der Waals surface area contributed by atoms with Crippen LogP contribution in [0.4, 0.5) is 16.2 Å². The van der Waals surface area contributed by atoms with Crippen LogP contribution in [0.25, 0.3) is 0 Å². The fraction of sp³-hybridized carbons (Fsp3) is 0.579. The first-order valence-corrected chi connectivity index (χ1v) is 9.09. The van der Waals surface area contributed by atoms with Crippen LogP contribution in [0.1, 0.15) is 44.1 Å². The minimum Gasteiger partial charge on any atom is -0.335 e. The second kappa shape index (κ2) is 6.11. The minimum atomic E-state index is -0.132. The normalized spacial score (nSPS) is 19.9. The lowest BCUT2D eigenvalue weighted by Gasteiger charge is -2.19. The average Bonchev–Trinajstić information content (AvgIpc) is 3.38. The Hall–Kier alpha value is -2.04. The molecule has 5 heteroatoms. The van der Waals surface area contributed by atoms with Crippen molar-refractivity contribution < 1.29 is 9.59 Å². The molecule has 0 bridgehead atoms. The Balaban J connectivity index is 1.38. The van der Waals surface area contributed by atoms with Gasteiger partial charge in [0.05, 0.1) is 0 Å². The third-order valence-electron chi connectivity index (χ3n) is 5.26. The quantitative estimate of drug-likeness (QED) is 0.746. The number of benzene rings is 1. The summed E-state index contributed by atoms with van der Waals surface area (Å²) >= 11 is 0. The molecule has 0 heterocycles. The molecular weight excluding hydrogens is 302 g/mol. The number of hydrogen-bond donors (Lipinski definition) is 3. The Morgan fingerprint density at radius 3 is 2.25 bits per heavy atom. The van der Waals surface area contributed by atoms with Gasteiger partial charge in [-0.2, -0.15) is 0 Å². The molecule has 3 aliphatic rings. The maximum Gasteiger partial charge on any atom is 0.319 e. The first-order chi connectivity index (χ1) is 11.6. The molecule has 128 valence electrons. The van der Waals surface area contributed by atoms with Gasteiger partial charge < -0.3 is 16.0 Å². The molecule has 0 saturated heterocycles. The summed E-state index contributed by atoms with van der Waals surface area (Å²) in [6.45, 7) is 1.96. The first-order valence-electron chi connectivity index (χ1n) is 9.09. The van der Waals surface area contributed by atoms with Crippen LogP contribution >= 0.6 is 0 Å². The lowest BCUT2D eigenvalue weighted by atomic mass is 10.1. The lowest BCUT2D eigenvalue weighted by Crippen LogP contribution is -2.40. The summed E-state index contributed by atoms with van der Waals surface area (Å²) in [5.74, 6) is 1.60. The van der Waals surface area contributed by atoms with Crippen molar-refractivity contribution in [3.63, 3.8) is 0 Å². The molecule has 3 fully saturated rings. The van der Waals surface area contributed by atoms with Gasteiger partial charge in [0.2, 0.25) is 5.91 Å². The van der Waals surface area contributed by atoms with Gasteiger partial charge in [0.25, 0.3) is 0 Å². The number of carbonyl (C=O) groups is 2. The van der Waals surface area contributed by atoms with Crippen molar-refractivity contribution in [3.8, 4) is 0 Å². The zero-order valence-electron chi connectivity index (χ0n) is 14.1. The highest BCUT2D eigenvalue weighted by molar-refractivity contribution is 5.96. The van der Waals surface area contributed by atoms with Crippen LogP contribution in [0.5, 0.6) is 0 Å². The number of rotatable bonds is 6. The van der Waals surface area contributed by atoms with E-state index in [1.807, 2.05) is 25.1 Å². The topological polar surface area (TPSA) is 70.2 Å². The molecule has 1 aromatic carbocycles. The molecule has 0 unspecified atom stereocenters. The molecule has 0 atom stereocenters. The van der Waals surface area contributed by atoms with Gasteiger partial charge in [-0.05, 0) is 75.0 Å². The fourth-order valence-electron chi connectivity index (χ4n) is 3.27. The van der Waals surface area contributed by atoms with E-state index < -0.39 is 0 Å². The largest absolute Gasteiger partial charge is 0.335 e. The summed E-state index contributed by atoms with van der Waals surface area (Å²) < 4.78 is 0. The third-order valence-corrected chi connectivity index (χ3v) is 5.26. The summed E-state index contributed by atoms with van der Waals surface area (Å²) in [7, 11) is 0. The molecule has 0 aromatic heterocycles. The average molecular weight is 327 g/mol. The molecule has 24 heavy (non-hydrogen) atoms. The van der Waals surface area contributed by atoms with Gasteiger partial charge >= 0.3 is 6.03 Å². The number of amides is 3. The van der Waals surface area contributed by atoms with E-state index in [0.717, 1.165) is 29.8 Å². The van der Waals surface area contributed by atoms with E-state index >= 15 is 0 Å². The fourth-order valence-corrected chi connectivity index (χ4v) is 3.27. The van der Waals surface area contributed by atoms with Crippen LogP contribution in [0.3, 0.4) is 0 Å². The van der Waals surface area contributed by atoms with Crippen molar-refractivity contribution in [1.29, 1.82) is 0 Å². The molecule has 1 aromatic rings. The first kappa shape index (κ1) is 15.5. The van der Waals surface area contributed by atoms with Gasteiger partial charge in [-0.25, -0.2) is 4.79 Å². The van der Waals surface area contributed by atoms with Crippen molar-refractivity contribution in [2.75, 3.05) is 10.6 Å². The van der Waals surface area contributed by atoms with Gasteiger partial charge in [-0.15, -0.1) is 0 Å². The van der Waals surface area contributed by atoms with Crippen molar-refractivity contribution in [1.82, 2.24) is 5.32 Å². The smallest absolute Gasteiger partial charge is 0.319 e. The molecule has 4 rings (SSSR count). The summed E-state index contributed by atoms with van der Waals surface area (Å²) in [6.07, 6.45) is 6.92. The van der Waals surface area contributed by atoms with E-state index in [2.05, 4.69) is 16.0 Å². The maximum absolute atomic E-state index is 12.4. The molecule has 3 saturated carbocycles. The Labute approximate surface area is 142 Å². The third kappa shape index (κ3) is 3.71. The Kier molecular flexibility index (Phi) is 3.94. The van der Waals surface area contributed by atoms with Crippen molar-refractivity contribution in [3.05, 3.63) is 23.8 Å². The van der Waals surface area contributed by atoms with E-state index in [-0.39, 0.29) is 17.9 Å². The van der Waals surface area contributed by atoms with Crippen molar-refractivity contribution >= 4 is 23.3 Å². The SMILES string of the molecule is Cc1ccc(NC(=O)C2CC2)cc1NC(=O)NC(C1CC1)C1CC1. The van der Waals surface area contributed by atoms with Crippen molar-refractivity contribution in [2.24, 2.45) is 17.8 Å². The van der Waals surface area contributed by atoms with Crippen LogP contribution in [0.2, 0.25) is 0 Å². The number of aryl methyl sites for hydroxylation is 1. The minimum absolute atomic E-state index is 0.0804. The number of urea groups is 1. The van der Waals surface area contributed by atoms with E-state index in [9.17, 15) is 9.59 Å². The second-order valence-electron chi connectivity index (χ2n) is 7.59. The number of nitrogens with one attached hydrogen (secondary N) is 3. The highest BCUT2D eigenvalue weighted by Gasteiger charge is 2.42. The molecule has 3 N–H and O–H groups in total. The van der Waals surface area contributed by atoms with Gasteiger partial charge in [0, 0.05) is 23.3 Å². The standard InChI is InChI=1S/C19H25N3O2/c1-11-2-9-15(20-18(23)14-7-8-14)10-16(11)21-19(24)22-17(12-3-4-12)13-5-6-13/h2,9-10,12-14,17H,3-8H2,1H3,(H,20,23)(H2,21,22,24). The highest BCUT2D eigenvalue weighted by Crippen LogP contribution is 2.44. The van der Waals surface area contributed by atoms with E-state index in [1.165, 1.54) is 25.7 Å². The van der Waals surface area contributed by atoms with Crippen molar-refractivity contribution in [2.45, 2.75) is 51.5 Å². The monoisotopic (exact) mass is 327 g/mol. The van der Waals surface area contributed by atoms with E-state index in [1.54, 1.807) is 0 Å². The Bertz CT molecular complexity index is 649.